The molecule has 4 nitrogen and oxygen atoms in total. The predicted octanol–water partition coefficient (Wildman–Crippen LogP) is 2.96. The van der Waals surface area contributed by atoms with Crippen molar-refractivity contribution >= 4 is 35.1 Å². The van der Waals surface area contributed by atoms with E-state index in [1.165, 1.54) is 18.9 Å². The van der Waals surface area contributed by atoms with Gasteiger partial charge in [0.15, 0.2) is 0 Å². The fourth-order valence-electron chi connectivity index (χ4n) is 1.23. The Bertz CT molecular complexity index is 402. The van der Waals surface area contributed by atoms with Gasteiger partial charge in [-0.3, -0.25) is 4.79 Å². The van der Waals surface area contributed by atoms with Crippen LogP contribution in [-0.4, -0.2) is 30.4 Å². The smallest absolute Gasteiger partial charge is 0.315 e. The number of anilines is 1. The van der Waals surface area contributed by atoms with E-state index in [0.717, 1.165) is 24.5 Å². The van der Waals surface area contributed by atoms with Gasteiger partial charge in [-0.15, -0.1) is 11.8 Å². The molecular weight excluding hydrogens is 272 g/mol. The quantitative estimate of drug-likeness (QED) is 0.782. The highest BCUT2D eigenvalue weighted by molar-refractivity contribution is 7.99. The third-order valence-electron chi connectivity index (χ3n) is 2.16. The lowest BCUT2D eigenvalue weighted by atomic mass is 10.3. The summed E-state index contributed by atoms with van der Waals surface area (Å²) in [6.45, 7) is 2.97. The lowest BCUT2D eigenvalue weighted by Gasteiger charge is -2.08. The molecule has 6 heteroatoms. The molecule has 0 saturated heterocycles. The van der Waals surface area contributed by atoms with Crippen molar-refractivity contribution in [2.75, 3.05) is 24.7 Å². The Morgan fingerprint density at radius 1 is 1.56 bits per heavy atom. The summed E-state index contributed by atoms with van der Waals surface area (Å²) in [5.74, 6) is 1.47. The van der Waals surface area contributed by atoms with Gasteiger partial charge in [0.25, 0.3) is 0 Å². The van der Waals surface area contributed by atoms with Gasteiger partial charge in [-0.05, 0) is 18.6 Å². The average molecular weight is 289 g/mol. The second kappa shape index (κ2) is 8.21. The fourth-order valence-corrected chi connectivity index (χ4v) is 2.28. The minimum absolute atomic E-state index is 0.239. The zero-order chi connectivity index (χ0) is 13.4. The molecule has 0 atom stereocenters. The van der Waals surface area contributed by atoms with Gasteiger partial charge in [0.05, 0.1) is 23.6 Å². The number of ether oxygens (including phenoxy) is 1. The normalized spacial score (nSPS) is 10.2. The second-order valence-electron chi connectivity index (χ2n) is 3.62. The van der Waals surface area contributed by atoms with Crippen LogP contribution in [0.3, 0.4) is 0 Å². The highest BCUT2D eigenvalue weighted by Gasteiger charge is 2.06. The van der Waals surface area contributed by atoms with Crippen molar-refractivity contribution in [1.82, 2.24) is 4.98 Å². The van der Waals surface area contributed by atoms with E-state index in [1.54, 1.807) is 0 Å². The Kier molecular flexibility index (Phi) is 6.90. The molecule has 0 radical (unpaired) electrons. The minimum Gasteiger partial charge on any atom is -0.468 e. The number of aromatic nitrogens is 1. The van der Waals surface area contributed by atoms with Crippen molar-refractivity contribution in [3.8, 4) is 0 Å². The molecule has 0 aliphatic carbocycles. The number of rotatable bonds is 7. The third-order valence-corrected chi connectivity index (χ3v) is 3.42. The monoisotopic (exact) mass is 288 g/mol. The van der Waals surface area contributed by atoms with Gasteiger partial charge in [0.2, 0.25) is 0 Å². The van der Waals surface area contributed by atoms with Gasteiger partial charge >= 0.3 is 5.97 Å². The first-order chi connectivity index (χ1) is 8.67. The number of methoxy groups -OCH3 is 1. The molecule has 1 aromatic rings. The number of thioether (sulfide) groups is 1. The van der Waals surface area contributed by atoms with Gasteiger partial charge in [-0.2, -0.15) is 0 Å². The predicted molar refractivity (Wildman–Crippen MR) is 76.2 cm³/mol. The van der Waals surface area contributed by atoms with Crippen LogP contribution in [0.15, 0.2) is 12.1 Å². The Balaban J connectivity index is 2.55. The molecule has 0 aliphatic rings. The highest BCUT2D eigenvalue weighted by Crippen LogP contribution is 2.21. The van der Waals surface area contributed by atoms with E-state index in [2.05, 4.69) is 22.0 Å². The molecule has 1 aromatic heterocycles. The highest BCUT2D eigenvalue weighted by atomic mass is 35.5. The SMILES string of the molecule is CCCNc1ccc(Cl)c(CSCC(=O)OC)n1. The Labute approximate surface area is 116 Å². The summed E-state index contributed by atoms with van der Waals surface area (Å²) in [7, 11) is 1.38. The summed E-state index contributed by atoms with van der Waals surface area (Å²) in [4.78, 5) is 15.4. The molecule has 1 heterocycles. The van der Waals surface area contributed by atoms with E-state index in [4.69, 9.17) is 11.6 Å². The summed E-state index contributed by atoms with van der Waals surface area (Å²) in [5, 5.41) is 3.82. The zero-order valence-corrected chi connectivity index (χ0v) is 12.1. The van der Waals surface area contributed by atoms with Crippen LogP contribution in [0, 0.1) is 0 Å². The number of nitrogens with zero attached hydrogens (tertiary/aromatic N) is 1. The molecule has 0 amide bonds. The largest absolute Gasteiger partial charge is 0.468 e. The molecule has 0 bridgehead atoms. The van der Waals surface area contributed by atoms with E-state index in [-0.39, 0.29) is 5.97 Å². The Morgan fingerprint density at radius 3 is 3.00 bits per heavy atom. The average Bonchev–Trinajstić information content (AvgIpc) is 2.39. The number of hydrogen-bond acceptors (Lipinski definition) is 5. The lowest BCUT2D eigenvalue weighted by molar-refractivity contribution is -0.137. The number of carbonyl (C=O) groups is 1. The van der Waals surface area contributed by atoms with Gasteiger partial charge in [0, 0.05) is 12.3 Å². The van der Waals surface area contributed by atoms with Crippen molar-refractivity contribution in [3.05, 3.63) is 22.8 Å². The van der Waals surface area contributed by atoms with Crippen LogP contribution in [0.5, 0.6) is 0 Å². The van der Waals surface area contributed by atoms with Crippen LogP contribution >= 0.6 is 23.4 Å². The standard InChI is InChI=1S/C12H17ClN2O2S/c1-3-6-14-11-5-4-9(13)10(15-11)7-18-8-12(16)17-2/h4-5H,3,6-8H2,1-2H3,(H,14,15). The molecule has 1 N–H and O–H groups in total. The molecule has 0 fully saturated rings. The minimum atomic E-state index is -0.239. The van der Waals surface area contributed by atoms with Crippen LogP contribution in [0.4, 0.5) is 5.82 Å². The van der Waals surface area contributed by atoms with E-state index in [9.17, 15) is 4.79 Å². The van der Waals surface area contributed by atoms with E-state index < -0.39 is 0 Å². The lowest BCUT2D eigenvalue weighted by Crippen LogP contribution is -2.05. The first-order valence-corrected chi connectivity index (χ1v) is 7.24. The van der Waals surface area contributed by atoms with Gasteiger partial charge in [-0.1, -0.05) is 18.5 Å². The number of hydrogen-bond donors (Lipinski definition) is 1. The molecule has 0 aromatic carbocycles. The van der Waals surface area contributed by atoms with Crippen LogP contribution in [-0.2, 0) is 15.3 Å². The number of esters is 1. The second-order valence-corrected chi connectivity index (χ2v) is 5.01. The summed E-state index contributed by atoms with van der Waals surface area (Å²) in [6.07, 6.45) is 1.04. The topological polar surface area (TPSA) is 51.2 Å². The van der Waals surface area contributed by atoms with Crippen molar-refractivity contribution in [3.63, 3.8) is 0 Å². The Morgan fingerprint density at radius 2 is 2.33 bits per heavy atom. The summed E-state index contributed by atoms with van der Waals surface area (Å²) >= 11 is 7.50. The van der Waals surface area contributed by atoms with Crippen LogP contribution in [0.1, 0.15) is 19.0 Å². The molecule has 0 unspecified atom stereocenters. The fraction of sp³-hybridized carbons (Fsp3) is 0.500. The summed E-state index contributed by atoms with van der Waals surface area (Å²) in [5.41, 5.74) is 0.784. The van der Waals surface area contributed by atoms with E-state index >= 15 is 0 Å². The first kappa shape index (κ1) is 15.1. The van der Waals surface area contributed by atoms with Crippen molar-refractivity contribution in [2.24, 2.45) is 0 Å². The molecule has 100 valence electrons. The molecular formula is C12H17ClN2O2S. The number of pyridine rings is 1. The molecule has 1 rings (SSSR count). The van der Waals surface area contributed by atoms with E-state index in [0.29, 0.717) is 16.5 Å². The number of halogens is 1. The van der Waals surface area contributed by atoms with Crippen molar-refractivity contribution in [1.29, 1.82) is 0 Å². The molecule has 0 aliphatic heterocycles. The summed E-state index contributed by atoms with van der Waals surface area (Å²) < 4.78 is 4.57. The van der Waals surface area contributed by atoms with Crippen LogP contribution in [0.25, 0.3) is 0 Å². The van der Waals surface area contributed by atoms with E-state index in [1.807, 2.05) is 12.1 Å². The van der Waals surface area contributed by atoms with Gasteiger partial charge in [0.1, 0.15) is 5.82 Å². The molecule has 18 heavy (non-hydrogen) atoms. The van der Waals surface area contributed by atoms with Crippen LogP contribution < -0.4 is 5.32 Å². The number of carbonyl (C=O) groups excluding carboxylic acids is 1. The van der Waals surface area contributed by atoms with Crippen molar-refractivity contribution < 1.29 is 9.53 Å². The summed E-state index contributed by atoms with van der Waals surface area (Å²) in [6, 6.07) is 3.67. The van der Waals surface area contributed by atoms with Gasteiger partial charge in [-0.25, -0.2) is 4.98 Å². The zero-order valence-electron chi connectivity index (χ0n) is 10.5. The maximum absolute atomic E-state index is 11.0. The van der Waals surface area contributed by atoms with Crippen LogP contribution in [0.2, 0.25) is 5.02 Å². The number of nitrogens with one attached hydrogen (secondary N) is 1. The maximum Gasteiger partial charge on any atom is 0.315 e. The third kappa shape index (κ3) is 5.14. The first-order valence-electron chi connectivity index (χ1n) is 5.71. The van der Waals surface area contributed by atoms with Gasteiger partial charge < -0.3 is 10.1 Å². The van der Waals surface area contributed by atoms with Crippen molar-refractivity contribution in [2.45, 2.75) is 19.1 Å². The molecule has 0 spiro atoms. The molecule has 0 saturated carbocycles. The maximum atomic E-state index is 11.0. The Hall–Kier alpha value is -0.940.